The topological polar surface area (TPSA) is 43.2 Å². The van der Waals surface area contributed by atoms with Gasteiger partial charge >= 0.3 is 0 Å². The molecular formula is C18H22N4O. The summed E-state index contributed by atoms with van der Waals surface area (Å²) in [4.78, 5) is 11.5. The Kier molecular flexibility index (Phi) is 3.27. The van der Waals surface area contributed by atoms with Gasteiger partial charge in [-0.05, 0) is 32.9 Å². The van der Waals surface area contributed by atoms with Crippen molar-refractivity contribution in [3.05, 3.63) is 30.1 Å². The van der Waals surface area contributed by atoms with Gasteiger partial charge < -0.3 is 14.2 Å². The van der Waals surface area contributed by atoms with Gasteiger partial charge in [0.2, 0.25) is 0 Å². The summed E-state index contributed by atoms with van der Waals surface area (Å²) >= 11 is 0. The lowest BCUT2D eigenvalue weighted by atomic mass is 10.1. The maximum atomic E-state index is 5.86. The zero-order chi connectivity index (χ0) is 16.1. The van der Waals surface area contributed by atoms with Gasteiger partial charge in [-0.15, -0.1) is 0 Å². The summed E-state index contributed by atoms with van der Waals surface area (Å²) in [6.07, 6.45) is 2.10. The molecule has 5 nitrogen and oxygen atoms in total. The molecule has 2 atom stereocenters. The minimum absolute atomic E-state index is 0.209. The molecule has 0 unspecified atom stereocenters. The number of aryl methyl sites for hydroxylation is 2. The average molecular weight is 310 g/mol. The minimum Gasteiger partial charge on any atom is -0.372 e. The molecule has 4 rings (SSSR count). The Balaban J connectivity index is 1.96. The van der Waals surface area contributed by atoms with E-state index in [2.05, 4.69) is 65.5 Å². The molecule has 120 valence electrons. The van der Waals surface area contributed by atoms with Crippen LogP contribution < -0.4 is 4.90 Å². The van der Waals surface area contributed by atoms with E-state index in [9.17, 15) is 0 Å². The van der Waals surface area contributed by atoms with Crippen molar-refractivity contribution in [1.82, 2.24) is 14.5 Å². The summed E-state index contributed by atoms with van der Waals surface area (Å²) in [6, 6.07) is 6.52. The van der Waals surface area contributed by atoms with Crippen LogP contribution in [-0.2, 0) is 11.8 Å². The molecule has 1 aromatic carbocycles. The third-order valence-corrected chi connectivity index (χ3v) is 4.63. The lowest BCUT2D eigenvalue weighted by Crippen LogP contribution is -2.46. The van der Waals surface area contributed by atoms with Gasteiger partial charge in [0, 0.05) is 25.5 Å². The van der Waals surface area contributed by atoms with Crippen molar-refractivity contribution in [2.24, 2.45) is 7.05 Å². The maximum Gasteiger partial charge on any atom is 0.156 e. The quantitative estimate of drug-likeness (QED) is 0.693. The Bertz CT molecular complexity index is 875. The highest BCUT2D eigenvalue weighted by Gasteiger charge is 2.26. The molecule has 23 heavy (non-hydrogen) atoms. The van der Waals surface area contributed by atoms with Gasteiger partial charge in [0.05, 0.1) is 17.7 Å². The van der Waals surface area contributed by atoms with E-state index in [4.69, 9.17) is 4.74 Å². The first-order valence-corrected chi connectivity index (χ1v) is 8.14. The maximum absolute atomic E-state index is 5.86. The van der Waals surface area contributed by atoms with Crippen LogP contribution in [0.5, 0.6) is 0 Å². The highest BCUT2D eigenvalue weighted by atomic mass is 16.5. The summed E-state index contributed by atoms with van der Waals surface area (Å²) in [5.74, 6) is 1.01. The molecule has 0 saturated carbocycles. The van der Waals surface area contributed by atoms with Crippen molar-refractivity contribution in [3.8, 4) is 0 Å². The molecule has 3 heterocycles. The van der Waals surface area contributed by atoms with Crippen molar-refractivity contribution in [3.63, 3.8) is 0 Å². The summed E-state index contributed by atoms with van der Waals surface area (Å²) in [6.45, 7) is 8.07. The highest BCUT2D eigenvalue weighted by molar-refractivity contribution is 6.09. The van der Waals surface area contributed by atoms with Gasteiger partial charge in [-0.1, -0.05) is 11.6 Å². The molecule has 0 amide bonds. The number of fused-ring (bicyclic) bond motifs is 3. The molecule has 3 aromatic rings. The lowest BCUT2D eigenvalue weighted by molar-refractivity contribution is -0.00538. The predicted octanol–water partition coefficient (Wildman–Crippen LogP) is 3.04. The van der Waals surface area contributed by atoms with Crippen molar-refractivity contribution < 1.29 is 4.74 Å². The smallest absolute Gasteiger partial charge is 0.156 e. The highest BCUT2D eigenvalue weighted by Crippen LogP contribution is 2.33. The third kappa shape index (κ3) is 2.27. The predicted molar refractivity (Wildman–Crippen MR) is 93.0 cm³/mol. The fourth-order valence-corrected chi connectivity index (χ4v) is 3.71. The van der Waals surface area contributed by atoms with Crippen LogP contribution in [-0.4, -0.2) is 39.8 Å². The van der Waals surface area contributed by atoms with Crippen LogP contribution in [0.4, 0.5) is 5.82 Å². The van der Waals surface area contributed by atoms with E-state index in [1.165, 1.54) is 16.5 Å². The number of morpholine rings is 1. The molecule has 0 aliphatic carbocycles. The molecule has 1 aliphatic heterocycles. The molecule has 0 radical (unpaired) electrons. The lowest BCUT2D eigenvalue weighted by Gasteiger charge is -2.36. The third-order valence-electron chi connectivity index (χ3n) is 4.63. The van der Waals surface area contributed by atoms with Crippen molar-refractivity contribution >= 4 is 27.8 Å². The Morgan fingerprint density at radius 1 is 1.13 bits per heavy atom. The van der Waals surface area contributed by atoms with Crippen LogP contribution in [0.25, 0.3) is 21.9 Å². The molecule has 0 bridgehead atoms. The zero-order valence-electron chi connectivity index (χ0n) is 14.1. The summed E-state index contributed by atoms with van der Waals surface area (Å²) < 4.78 is 8.08. The van der Waals surface area contributed by atoms with E-state index in [0.29, 0.717) is 0 Å². The average Bonchev–Trinajstić information content (AvgIpc) is 2.79. The van der Waals surface area contributed by atoms with E-state index < -0.39 is 0 Å². The normalized spacial score (nSPS) is 22.2. The number of anilines is 1. The van der Waals surface area contributed by atoms with Crippen LogP contribution in [0.1, 0.15) is 19.4 Å². The van der Waals surface area contributed by atoms with Crippen molar-refractivity contribution in [2.75, 3.05) is 18.0 Å². The monoisotopic (exact) mass is 310 g/mol. The van der Waals surface area contributed by atoms with Gasteiger partial charge in [0.15, 0.2) is 5.82 Å². The Hall–Kier alpha value is -2.14. The second-order valence-corrected chi connectivity index (χ2v) is 6.64. The first-order chi connectivity index (χ1) is 11.0. The van der Waals surface area contributed by atoms with E-state index in [0.717, 1.165) is 29.9 Å². The molecular weight excluding hydrogens is 288 g/mol. The molecule has 0 spiro atoms. The Labute approximate surface area is 135 Å². The van der Waals surface area contributed by atoms with Crippen molar-refractivity contribution in [1.29, 1.82) is 0 Å². The zero-order valence-corrected chi connectivity index (χ0v) is 14.1. The number of benzene rings is 1. The van der Waals surface area contributed by atoms with Gasteiger partial charge in [-0.25, -0.2) is 9.97 Å². The van der Waals surface area contributed by atoms with Gasteiger partial charge in [0.25, 0.3) is 0 Å². The molecule has 2 aromatic heterocycles. The van der Waals surface area contributed by atoms with Crippen LogP contribution >= 0.6 is 0 Å². The van der Waals surface area contributed by atoms with E-state index in [-0.39, 0.29) is 12.2 Å². The van der Waals surface area contributed by atoms with Crippen LogP contribution in [0.2, 0.25) is 0 Å². The van der Waals surface area contributed by atoms with Crippen LogP contribution in [0.3, 0.4) is 0 Å². The van der Waals surface area contributed by atoms with E-state index >= 15 is 0 Å². The summed E-state index contributed by atoms with van der Waals surface area (Å²) in [5, 5.41) is 1.19. The van der Waals surface area contributed by atoms with Gasteiger partial charge in [-0.2, -0.15) is 0 Å². The largest absolute Gasteiger partial charge is 0.372 e. The van der Waals surface area contributed by atoms with E-state index in [1.54, 1.807) is 6.33 Å². The van der Waals surface area contributed by atoms with Gasteiger partial charge in [-0.3, -0.25) is 0 Å². The molecule has 1 aliphatic rings. The first-order valence-electron chi connectivity index (χ1n) is 8.14. The second kappa shape index (κ2) is 5.20. The minimum atomic E-state index is 0.209. The standard InChI is InChI=1S/C18H22N4O/c1-11-5-6-15-14(7-11)16-17(21(15)4)18(20-10-19-16)22-8-12(2)23-13(3)9-22/h5-7,10,12-13H,8-9H2,1-4H3/t12-,13-/m0/s1. The van der Waals surface area contributed by atoms with E-state index in [1.807, 2.05) is 0 Å². The van der Waals surface area contributed by atoms with Crippen LogP contribution in [0.15, 0.2) is 24.5 Å². The second-order valence-electron chi connectivity index (χ2n) is 6.64. The first kappa shape index (κ1) is 14.5. The number of nitrogens with zero attached hydrogens (tertiary/aromatic N) is 4. The number of ether oxygens (including phenoxy) is 1. The number of aromatic nitrogens is 3. The Morgan fingerprint density at radius 2 is 1.87 bits per heavy atom. The Morgan fingerprint density at radius 3 is 2.61 bits per heavy atom. The van der Waals surface area contributed by atoms with Crippen molar-refractivity contribution in [2.45, 2.75) is 33.0 Å². The molecule has 5 heteroatoms. The summed E-state index contributed by atoms with van der Waals surface area (Å²) in [7, 11) is 2.10. The van der Waals surface area contributed by atoms with Crippen LogP contribution in [0, 0.1) is 6.92 Å². The number of hydrogen-bond donors (Lipinski definition) is 0. The number of rotatable bonds is 1. The molecule has 0 N–H and O–H groups in total. The van der Waals surface area contributed by atoms with Gasteiger partial charge in [0.1, 0.15) is 17.4 Å². The molecule has 1 fully saturated rings. The SMILES string of the molecule is Cc1ccc2c(c1)c1ncnc(N3C[C@H](C)O[C@@H](C)C3)c1n2C. The fourth-order valence-electron chi connectivity index (χ4n) is 3.71. The molecule has 1 saturated heterocycles. The number of hydrogen-bond acceptors (Lipinski definition) is 4. The fraction of sp³-hybridized carbons (Fsp3) is 0.444. The summed E-state index contributed by atoms with van der Waals surface area (Å²) in [5.41, 5.74) is 4.58.